The summed E-state index contributed by atoms with van der Waals surface area (Å²) in [6.07, 6.45) is 0.896. The van der Waals surface area contributed by atoms with E-state index in [1.165, 1.54) is 12.0 Å². The van der Waals surface area contributed by atoms with Gasteiger partial charge in [0.1, 0.15) is 5.60 Å². The Labute approximate surface area is 126 Å². The normalized spacial score (nSPS) is 28.0. The van der Waals surface area contributed by atoms with Crippen LogP contribution in [0.2, 0.25) is 0 Å². The molecular formula is C17H24N2O2. The van der Waals surface area contributed by atoms with Gasteiger partial charge in [0.25, 0.3) is 0 Å². The van der Waals surface area contributed by atoms with Crippen LogP contribution in [0.4, 0.5) is 4.79 Å². The van der Waals surface area contributed by atoms with Crippen molar-refractivity contribution in [1.29, 1.82) is 0 Å². The number of fused-ring (bicyclic) bond motifs is 1. The number of piperidine rings is 1. The molecule has 1 aromatic rings. The average Bonchev–Trinajstić information content (AvgIpc) is 3.10. The van der Waals surface area contributed by atoms with Crippen molar-refractivity contribution in [2.24, 2.45) is 5.92 Å². The van der Waals surface area contributed by atoms with Crippen molar-refractivity contribution in [3.05, 3.63) is 35.9 Å². The fourth-order valence-corrected chi connectivity index (χ4v) is 3.19. The van der Waals surface area contributed by atoms with Gasteiger partial charge in [0.2, 0.25) is 0 Å². The van der Waals surface area contributed by atoms with Crippen LogP contribution in [0.3, 0.4) is 0 Å². The number of hydrogen-bond acceptors (Lipinski definition) is 3. The highest BCUT2D eigenvalue weighted by atomic mass is 16.6. The second-order valence-electron chi connectivity index (χ2n) is 7.13. The van der Waals surface area contributed by atoms with Gasteiger partial charge in [0.15, 0.2) is 0 Å². The lowest BCUT2D eigenvalue weighted by atomic mass is 10.2. The van der Waals surface area contributed by atoms with Crippen LogP contribution in [0.5, 0.6) is 0 Å². The summed E-state index contributed by atoms with van der Waals surface area (Å²) >= 11 is 0. The predicted octanol–water partition coefficient (Wildman–Crippen LogP) is 2.78. The van der Waals surface area contributed by atoms with Gasteiger partial charge in [0, 0.05) is 25.2 Å². The van der Waals surface area contributed by atoms with Crippen LogP contribution in [0.15, 0.2) is 30.3 Å². The van der Waals surface area contributed by atoms with E-state index in [4.69, 9.17) is 4.74 Å². The molecular weight excluding hydrogens is 264 g/mol. The maximum absolute atomic E-state index is 11.9. The first kappa shape index (κ1) is 14.4. The molecule has 0 radical (unpaired) electrons. The van der Waals surface area contributed by atoms with Gasteiger partial charge < -0.3 is 10.1 Å². The third-order valence-electron chi connectivity index (χ3n) is 4.15. The first-order chi connectivity index (χ1) is 9.92. The van der Waals surface area contributed by atoms with E-state index in [0.717, 1.165) is 13.1 Å². The maximum atomic E-state index is 11.9. The van der Waals surface area contributed by atoms with Gasteiger partial charge in [0.05, 0.1) is 0 Å². The Kier molecular flexibility index (Phi) is 3.66. The van der Waals surface area contributed by atoms with Crippen molar-refractivity contribution in [2.45, 2.75) is 51.4 Å². The van der Waals surface area contributed by atoms with Crippen molar-refractivity contribution in [2.75, 3.05) is 6.54 Å². The average molecular weight is 288 g/mol. The molecule has 1 aromatic carbocycles. The van der Waals surface area contributed by atoms with Crippen molar-refractivity contribution < 1.29 is 9.53 Å². The van der Waals surface area contributed by atoms with E-state index in [9.17, 15) is 4.79 Å². The lowest BCUT2D eigenvalue weighted by Crippen LogP contribution is -2.42. The van der Waals surface area contributed by atoms with Gasteiger partial charge in [-0.15, -0.1) is 0 Å². The predicted molar refractivity (Wildman–Crippen MR) is 81.9 cm³/mol. The minimum Gasteiger partial charge on any atom is -0.444 e. The zero-order chi connectivity index (χ0) is 15.0. The number of amides is 1. The van der Waals surface area contributed by atoms with Crippen LogP contribution >= 0.6 is 0 Å². The number of nitrogens with zero attached hydrogens (tertiary/aromatic N) is 1. The minimum absolute atomic E-state index is 0.230. The van der Waals surface area contributed by atoms with Crippen LogP contribution < -0.4 is 5.32 Å². The molecule has 0 unspecified atom stereocenters. The number of alkyl carbamates (subject to hydrolysis) is 1. The molecule has 1 aliphatic carbocycles. The molecule has 4 nitrogen and oxygen atoms in total. The number of nitrogens with one attached hydrogen (secondary N) is 1. The monoisotopic (exact) mass is 288 g/mol. The Morgan fingerprint density at radius 1 is 1.33 bits per heavy atom. The van der Waals surface area contributed by atoms with Crippen LogP contribution in [-0.4, -0.2) is 35.2 Å². The second-order valence-corrected chi connectivity index (χ2v) is 7.13. The lowest BCUT2D eigenvalue weighted by Gasteiger charge is -2.24. The van der Waals surface area contributed by atoms with Gasteiger partial charge in [-0.25, -0.2) is 4.79 Å². The molecule has 0 spiro atoms. The molecule has 1 saturated heterocycles. The molecule has 114 valence electrons. The molecule has 1 heterocycles. The molecule has 0 aromatic heterocycles. The molecule has 3 rings (SSSR count). The fraction of sp³-hybridized carbons (Fsp3) is 0.588. The van der Waals surface area contributed by atoms with Crippen LogP contribution in [0.1, 0.15) is 32.8 Å². The van der Waals surface area contributed by atoms with Crippen LogP contribution in [0.25, 0.3) is 0 Å². The Hall–Kier alpha value is -1.55. The third kappa shape index (κ3) is 3.56. The fourth-order valence-electron chi connectivity index (χ4n) is 3.19. The number of likely N-dealkylation sites (tertiary alicyclic amines) is 1. The maximum Gasteiger partial charge on any atom is 0.407 e. The molecule has 1 saturated carbocycles. The second kappa shape index (κ2) is 5.34. The first-order valence-electron chi connectivity index (χ1n) is 7.70. The van der Waals surface area contributed by atoms with E-state index in [1.807, 2.05) is 26.8 Å². The van der Waals surface area contributed by atoms with E-state index in [1.54, 1.807) is 0 Å². The Balaban J connectivity index is 1.53. The Morgan fingerprint density at radius 3 is 2.71 bits per heavy atom. The topological polar surface area (TPSA) is 41.6 Å². The van der Waals surface area contributed by atoms with Gasteiger partial charge in [-0.2, -0.15) is 0 Å². The number of carbonyl (C=O) groups excluding carboxylic acids is 1. The largest absolute Gasteiger partial charge is 0.444 e. The van der Waals surface area contributed by atoms with Crippen LogP contribution in [0, 0.1) is 5.92 Å². The lowest BCUT2D eigenvalue weighted by molar-refractivity contribution is 0.0498. The van der Waals surface area contributed by atoms with Gasteiger partial charge in [-0.05, 0) is 38.7 Å². The molecule has 0 bridgehead atoms. The van der Waals surface area contributed by atoms with Gasteiger partial charge >= 0.3 is 6.09 Å². The standard InChI is InChI=1S/C17H24N2O2/c1-17(2,3)21-16(20)18-14-11-19(15-9-13(14)15)10-12-7-5-4-6-8-12/h4-8,13-15H,9-11H2,1-3H3,(H,18,20)/t13-,14-,15-/m1/s1. The highest BCUT2D eigenvalue weighted by Gasteiger charge is 2.53. The summed E-state index contributed by atoms with van der Waals surface area (Å²) in [6, 6.07) is 11.4. The highest BCUT2D eigenvalue weighted by Crippen LogP contribution is 2.45. The zero-order valence-electron chi connectivity index (χ0n) is 13.0. The SMILES string of the molecule is CC(C)(C)OC(=O)N[C@@H]1CN(Cc2ccccc2)[C@@H]2C[C@@H]21. The van der Waals surface area contributed by atoms with E-state index in [-0.39, 0.29) is 12.1 Å². The number of carbonyl (C=O) groups is 1. The molecule has 1 N–H and O–H groups in total. The minimum atomic E-state index is -0.435. The summed E-state index contributed by atoms with van der Waals surface area (Å²) in [7, 11) is 0. The first-order valence-corrected chi connectivity index (χ1v) is 7.70. The van der Waals surface area contributed by atoms with Crippen molar-refractivity contribution in [3.63, 3.8) is 0 Å². The van der Waals surface area contributed by atoms with Crippen molar-refractivity contribution in [3.8, 4) is 0 Å². The van der Waals surface area contributed by atoms with Crippen molar-refractivity contribution in [1.82, 2.24) is 10.2 Å². The van der Waals surface area contributed by atoms with Gasteiger partial charge in [-0.3, -0.25) is 4.90 Å². The van der Waals surface area contributed by atoms with E-state index in [2.05, 4.69) is 34.5 Å². The summed E-state index contributed by atoms with van der Waals surface area (Å²) < 4.78 is 5.35. The molecule has 1 amide bonds. The number of benzene rings is 1. The van der Waals surface area contributed by atoms with Gasteiger partial charge in [-0.1, -0.05) is 30.3 Å². The summed E-state index contributed by atoms with van der Waals surface area (Å²) in [5.41, 5.74) is 0.899. The number of ether oxygens (including phenoxy) is 1. The summed E-state index contributed by atoms with van der Waals surface area (Å²) in [5, 5.41) is 3.04. The number of rotatable bonds is 3. The highest BCUT2D eigenvalue weighted by molar-refractivity contribution is 5.68. The molecule has 2 fully saturated rings. The van der Waals surface area contributed by atoms with Crippen molar-refractivity contribution >= 4 is 6.09 Å². The summed E-state index contributed by atoms with van der Waals surface area (Å²) in [5.74, 6) is 0.598. The summed E-state index contributed by atoms with van der Waals surface area (Å²) in [4.78, 5) is 14.4. The van der Waals surface area contributed by atoms with E-state index < -0.39 is 5.60 Å². The Bertz CT molecular complexity index is 509. The summed E-state index contributed by atoms with van der Waals surface area (Å²) in [6.45, 7) is 7.56. The smallest absolute Gasteiger partial charge is 0.407 e. The van der Waals surface area contributed by atoms with Crippen LogP contribution in [-0.2, 0) is 11.3 Å². The molecule has 21 heavy (non-hydrogen) atoms. The van der Waals surface area contributed by atoms with E-state index >= 15 is 0 Å². The third-order valence-corrected chi connectivity index (χ3v) is 4.15. The Morgan fingerprint density at radius 2 is 2.05 bits per heavy atom. The molecule has 2 aliphatic rings. The quantitative estimate of drug-likeness (QED) is 0.930. The molecule has 1 aliphatic heterocycles. The molecule has 4 heteroatoms. The zero-order valence-corrected chi connectivity index (χ0v) is 13.0. The van der Waals surface area contributed by atoms with E-state index in [0.29, 0.717) is 12.0 Å². The number of hydrogen-bond donors (Lipinski definition) is 1. The molecule has 3 atom stereocenters.